The summed E-state index contributed by atoms with van der Waals surface area (Å²) in [6.45, 7) is 0. The van der Waals surface area contributed by atoms with Gasteiger partial charge >= 0.3 is 29.6 Å². The van der Waals surface area contributed by atoms with Crippen molar-refractivity contribution < 1.29 is 73.6 Å². The van der Waals surface area contributed by atoms with Crippen LogP contribution in [0.1, 0.15) is 0 Å². The van der Waals surface area contributed by atoms with E-state index in [1.165, 1.54) is 12.1 Å². The van der Waals surface area contributed by atoms with E-state index >= 15 is 0 Å². The summed E-state index contributed by atoms with van der Waals surface area (Å²) in [5.74, 6) is -0.703. The number of nitrogens with zero attached hydrogens (tertiary/aromatic N) is 2. The zero-order valence-electron chi connectivity index (χ0n) is 19.5. The Hall–Kier alpha value is -2.67. The molecule has 0 aliphatic rings. The number of aromatic hydroxyl groups is 1. The molecule has 0 aromatic heterocycles. The van der Waals surface area contributed by atoms with Gasteiger partial charge in [-0.15, -0.1) is 10.2 Å². The number of benzene rings is 4. The van der Waals surface area contributed by atoms with E-state index in [1.807, 2.05) is 0 Å². The molecule has 194 valence electrons. The summed E-state index contributed by atoms with van der Waals surface area (Å²) >= 11 is 0. The number of rotatable bonds is 6. The number of anilines is 1. The average molecular weight is 590 g/mol. The van der Waals surface area contributed by atoms with Crippen LogP contribution in [0.25, 0.3) is 21.5 Å². The van der Waals surface area contributed by atoms with Gasteiger partial charge in [0, 0.05) is 28.9 Å². The van der Waals surface area contributed by atoms with Crippen molar-refractivity contribution in [1.82, 2.24) is 0 Å². The number of nitrogens with one attached hydrogen (secondary N) is 1. The third-order valence-electron chi connectivity index (χ3n) is 5.35. The molecule has 0 spiro atoms. The molecule has 4 aromatic carbocycles. The van der Waals surface area contributed by atoms with Crippen LogP contribution in [0.3, 0.4) is 0 Å². The van der Waals surface area contributed by atoms with Crippen molar-refractivity contribution in [3.05, 3.63) is 54.6 Å². The van der Waals surface area contributed by atoms with Crippen molar-refractivity contribution in [2.75, 3.05) is 12.4 Å². The second-order valence-corrected chi connectivity index (χ2v) is 11.7. The molecule has 0 saturated heterocycles. The molecule has 17 heteroatoms. The Morgan fingerprint density at radius 2 is 1.45 bits per heavy atom. The van der Waals surface area contributed by atoms with Gasteiger partial charge in [-0.3, -0.25) is 9.11 Å². The first-order valence-corrected chi connectivity index (χ1v) is 14.3. The summed E-state index contributed by atoms with van der Waals surface area (Å²) in [4.78, 5) is -2.52. The van der Waals surface area contributed by atoms with Crippen LogP contribution in [0.15, 0.2) is 79.5 Å². The summed E-state index contributed by atoms with van der Waals surface area (Å²) in [5.41, 5.74) is -0.748. The zero-order valence-corrected chi connectivity index (χ0v) is 24.0. The first kappa shape index (κ1) is 29.9. The monoisotopic (exact) mass is 589 g/mol. The molecule has 38 heavy (non-hydrogen) atoms. The van der Waals surface area contributed by atoms with Crippen LogP contribution >= 0.6 is 0 Å². The summed E-state index contributed by atoms with van der Waals surface area (Å²) in [6, 6.07) is 10.6. The van der Waals surface area contributed by atoms with E-state index < -0.39 is 62.2 Å². The molecule has 0 aliphatic carbocycles. The van der Waals surface area contributed by atoms with Gasteiger partial charge < -0.3 is 15.0 Å². The number of azo groups is 1. The van der Waals surface area contributed by atoms with Crippen LogP contribution in [0.2, 0.25) is 0 Å². The molecule has 0 unspecified atom stereocenters. The van der Waals surface area contributed by atoms with E-state index in [4.69, 9.17) is 0 Å². The normalized spacial score (nSPS) is 12.6. The molecule has 0 amide bonds. The minimum atomic E-state index is -5.11. The SMILES string of the molecule is CNc1ccc2c(O)c(N=Nc3ccc4c(S(=O)(=O)[O-])cccc4c3S(=O)(=O)O)c(S(=O)(=O)O)cc2c1.[Na+]. The van der Waals surface area contributed by atoms with Gasteiger partial charge in [0.15, 0.2) is 5.75 Å². The maximum absolute atomic E-state index is 12.2. The Labute approximate surface area is 238 Å². The molecule has 0 saturated carbocycles. The van der Waals surface area contributed by atoms with Crippen LogP contribution in [0, 0.1) is 0 Å². The summed E-state index contributed by atoms with van der Waals surface area (Å²) in [7, 11) is -13.5. The molecule has 0 atom stereocenters. The van der Waals surface area contributed by atoms with Gasteiger partial charge in [-0.25, -0.2) is 8.42 Å². The molecular formula is C21H16N3NaO10S3. The van der Waals surface area contributed by atoms with Crippen LogP contribution in [-0.2, 0) is 30.4 Å². The second-order valence-electron chi connectivity index (χ2n) is 7.63. The molecule has 4 rings (SSSR count). The number of phenolic OH excluding ortho intramolecular Hbond substituents is 1. The number of fused-ring (bicyclic) bond motifs is 2. The molecule has 0 radical (unpaired) electrons. The van der Waals surface area contributed by atoms with Gasteiger partial charge in [0.05, 0.1) is 4.90 Å². The van der Waals surface area contributed by atoms with E-state index in [0.29, 0.717) is 5.69 Å². The first-order valence-electron chi connectivity index (χ1n) is 9.99. The van der Waals surface area contributed by atoms with Gasteiger partial charge in [-0.05, 0) is 41.8 Å². The van der Waals surface area contributed by atoms with E-state index in [1.54, 1.807) is 13.1 Å². The topological polar surface area (TPSA) is 223 Å². The van der Waals surface area contributed by atoms with Gasteiger partial charge in [0.2, 0.25) is 0 Å². The van der Waals surface area contributed by atoms with Gasteiger partial charge in [-0.1, -0.05) is 18.2 Å². The second kappa shape index (κ2) is 10.5. The Bertz CT molecular complexity index is 1960. The molecule has 0 fully saturated rings. The molecule has 4 aromatic rings. The predicted molar refractivity (Wildman–Crippen MR) is 131 cm³/mol. The Kier molecular flexibility index (Phi) is 8.24. The van der Waals surface area contributed by atoms with Crippen molar-refractivity contribution in [3.8, 4) is 5.75 Å². The zero-order chi connectivity index (χ0) is 27.3. The smallest absolute Gasteiger partial charge is 0.744 e. The summed E-state index contributed by atoms with van der Waals surface area (Å²) in [6.07, 6.45) is 0. The minimum Gasteiger partial charge on any atom is -0.744 e. The van der Waals surface area contributed by atoms with Gasteiger partial charge in [-0.2, -0.15) is 16.8 Å². The van der Waals surface area contributed by atoms with Crippen molar-refractivity contribution in [1.29, 1.82) is 0 Å². The standard InChI is InChI=1S/C21H17N3O10S3.Na/c1-22-12-5-6-13-11(9-12)10-18(36(29,30)31)19(20(13)25)24-23-16-8-7-14-15(21(16)37(32,33)34)3-2-4-17(14)35(26,27)28;/h2-10,22,25H,1H3,(H,26,27,28)(H,29,30,31)(H,32,33,34);/q;+1/p-1. The Morgan fingerprint density at radius 1 is 0.789 bits per heavy atom. The van der Waals surface area contributed by atoms with Crippen molar-refractivity contribution in [2.24, 2.45) is 10.2 Å². The molecular weight excluding hydrogens is 573 g/mol. The Balaban J connectivity index is 0.00000400. The molecule has 0 heterocycles. The first-order chi connectivity index (χ1) is 17.1. The van der Waals surface area contributed by atoms with Gasteiger partial charge in [0.1, 0.15) is 31.3 Å². The van der Waals surface area contributed by atoms with Crippen LogP contribution in [0.5, 0.6) is 5.75 Å². The van der Waals surface area contributed by atoms with Crippen molar-refractivity contribution >= 4 is 69.0 Å². The van der Waals surface area contributed by atoms with Crippen LogP contribution in [-0.4, -0.2) is 51.1 Å². The van der Waals surface area contributed by atoms with E-state index in [0.717, 1.165) is 36.4 Å². The van der Waals surface area contributed by atoms with E-state index in [-0.39, 0.29) is 51.1 Å². The summed E-state index contributed by atoms with van der Waals surface area (Å²) in [5, 5.41) is 20.5. The molecule has 4 N–H and O–H groups in total. The van der Waals surface area contributed by atoms with Crippen molar-refractivity contribution in [2.45, 2.75) is 14.7 Å². The third kappa shape index (κ3) is 5.68. The average Bonchev–Trinajstić information content (AvgIpc) is 2.80. The maximum Gasteiger partial charge on any atom is 1.00 e. The van der Waals surface area contributed by atoms with Gasteiger partial charge in [0.25, 0.3) is 20.2 Å². The van der Waals surface area contributed by atoms with Crippen molar-refractivity contribution in [3.63, 3.8) is 0 Å². The fourth-order valence-electron chi connectivity index (χ4n) is 3.76. The molecule has 13 nitrogen and oxygen atoms in total. The molecule has 0 aliphatic heterocycles. The fourth-order valence-corrected chi connectivity index (χ4v) is 5.94. The summed E-state index contributed by atoms with van der Waals surface area (Å²) < 4.78 is 103. The number of phenols is 1. The molecule has 0 bridgehead atoms. The maximum atomic E-state index is 12.2. The fraction of sp³-hybridized carbons (Fsp3) is 0.0476. The largest absolute Gasteiger partial charge is 1.00 e. The third-order valence-corrected chi connectivity index (χ3v) is 8.06. The van der Waals surface area contributed by atoms with Crippen LogP contribution in [0.4, 0.5) is 17.1 Å². The number of hydrogen-bond acceptors (Lipinski definition) is 11. The van der Waals surface area contributed by atoms with E-state index in [9.17, 15) is 44.0 Å². The minimum absolute atomic E-state index is 0. The Morgan fingerprint density at radius 3 is 2.03 bits per heavy atom. The predicted octanol–water partition coefficient (Wildman–Crippen LogP) is 0.557. The number of hydrogen-bond donors (Lipinski definition) is 4. The quantitative estimate of drug-likeness (QED) is 0.138. The van der Waals surface area contributed by atoms with E-state index in [2.05, 4.69) is 15.5 Å². The van der Waals surface area contributed by atoms with Crippen LogP contribution < -0.4 is 34.9 Å².